The van der Waals surface area contributed by atoms with Crippen LogP contribution in [0.5, 0.6) is 0 Å². The molecule has 0 atom stereocenters. The third kappa shape index (κ3) is 5.86. The van der Waals surface area contributed by atoms with E-state index in [1.807, 2.05) is 12.1 Å². The number of hydrogen-bond donors (Lipinski definition) is 2. The van der Waals surface area contributed by atoms with Gasteiger partial charge in [0.2, 0.25) is 5.13 Å². The molecule has 140 valence electrons. The van der Waals surface area contributed by atoms with Crippen LogP contribution in [0.15, 0.2) is 23.9 Å². The first-order valence-electron chi connectivity index (χ1n) is 9.11. The highest BCUT2D eigenvalue weighted by Crippen LogP contribution is 2.27. The standard InChI is InChI=1S/C19H24Cl2N4S/c1-13(22-14-7-5-3-2-4-6-8-14)11-18-24-19(26-25-18)23-15-9-10-16(20)17(21)12-15/h9-12,14,22H,2-8H2,1H3,(H,23,24,25). The molecule has 0 bridgehead atoms. The van der Waals surface area contributed by atoms with Crippen LogP contribution in [-0.2, 0) is 0 Å². The Balaban J connectivity index is 1.59. The molecule has 1 aromatic carbocycles. The highest BCUT2D eigenvalue weighted by atomic mass is 35.5. The summed E-state index contributed by atoms with van der Waals surface area (Å²) in [7, 11) is 0. The molecule has 0 saturated heterocycles. The maximum absolute atomic E-state index is 6.05. The third-order valence-electron chi connectivity index (χ3n) is 4.50. The highest BCUT2D eigenvalue weighted by Gasteiger charge is 2.11. The van der Waals surface area contributed by atoms with Gasteiger partial charge in [0, 0.05) is 35.0 Å². The van der Waals surface area contributed by atoms with Crippen molar-refractivity contribution in [3.05, 3.63) is 39.8 Å². The van der Waals surface area contributed by atoms with E-state index in [1.54, 1.807) is 12.1 Å². The van der Waals surface area contributed by atoms with E-state index in [-0.39, 0.29) is 0 Å². The second kappa shape index (κ2) is 9.58. The minimum atomic E-state index is 0.514. The number of hydrogen-bond acceptors (Lipinski definition) is 5. The quantitative estimate of drug-likeness (QED) is 0.578. The van der Waals surface area contributed by atoms with Crippen LogP contribution in [0.25, 0.3) is 6.08 Å². The van der Waals surface area contributed by atoms with Crippen molar-refractivity contribution in [3.63, 3.8) is 0 Å². The van der Waals surface area contributed by atoms with E-state index in [9.17, 15) is 0 Å². The van der Waals surface area contributed by atoms with E-state index in [0.717, 1.165) is 16.5 Å². The average molecular weight is 411 g/mol. The second-order valence-corrected chi connectivity index (χ2v) is 8.29. The second-order valence-electron chi connectivity index (χ2n) is 6.73. The lowest BCUT2D eigenvalue weighted by Gasteiger charge is -2.22. The van der Waals surface area contributed by atoms with Crippen molar-refractivity contribution in [2.75, 3.05) is 5.32 Å². The van der Waals surface area contributed by atoms with Gasteiger partial charge < -0.3 is 10.6 Å². The van der Waals surface area contributed by atoms with Crippen molar-refractivity contribution in [2.24, 2.45) is 0 Å². The van der Waals surface area contributed by atoms with Gasteiger partial charge in [-0.15, -0.1) is 0 Å². The van der Waals surface area contributed by atoms with E-state index in [2.05, 4.69) is 26.9 Å². The molecule has 1 heterocycles. The Morgan fingerprint density at radius 2 is 1.85 bits per heavy atom. The Hall–Kier alpha value is -1.30. The van der Waals surface area contributed by atoms with E-state index in [1.165, 1.54) is 56.5 Å². The van der Waals surface area contributed by atoms with Gasteiger partial charge in [0.15, 0.2) is 5.82 Å². The summed E-state index contributed by atoms with van der Waals surface area (Å²) < 4.78 is 4.41. The maximum atomic E-state index is 6.05. The first kappa shape index (κ1) is 19.5. The van der Waals surface area contributed by atoms with Crippen LogP contribution in [0.2, 0.25) is 10.0 Å². The summed E-state index contributed by atoms with van der Waals surface area (Å²) in [6.45, 7) is 2.09. The zero-order valence-corrected chi connectivity index (χ0v) is 17.2. The number of nitrogens with one attached hydrogen (secondary N) is 2. The van der Waals surface area contributed by atoms with Gasteiger partial charge in [0.1, 0.15) is 0 Å². The molecule has 2 N–H and O–H groups in total. The monoisotopic (exact) mass is 410 g/mol. The Bertz CT molecular complexity index is 752. The van der Waals surface area contributed by atoms with Gasteiger partial charge in [-0.3, -0.25) is 0 Å². The summed E-state index contributed by atoms with van der Waals surface area (Å²) in [6, 6.07) is 5.98. The van der Waals surface area contributed by atoms with Gasteiger partial charge in [-0.25, -0.2) is 0 Å². The molecule has 3 rings (SSSR count). The molecule has 1 aliphatic rings. The zero-order chi connectivity index (χ0) is 18.4. The van der Waals surface area contributed by atoms with Crippen molar-refractivity contribution in [1.82, 2.24) is 14.7 Å². The van der Waals surface area contributed by atoms with Gasteiger partial charge in [-0.1, -0.05) is 55.3 Å². The average Bonchev–Trinajstić information content (AvgIpc) is 3.00. The van der Waals surface area contributed by atoms with Crippen molar-refractivity contribution in [2.45, 2.75) is 57.9 Å². The normalized spacial score (nSPS) is 16.8. The van der Waals surface area contributed by atoms with Crippen molar-refractivity contribution >= 4 is 51.6 Å². The lowest BCUT2D eigenvalue weighted by molar-refractivity contribution is 0.413. The van der Waals surface area contributed by atoms with E-state index < -0.39 is 0 Å². The Morgan fingerprint density at radius 1 is 1.12 bits per heavy atom. The van der Waals surface area contributed by atoms with Crippen molar-refractivity contribution < 1.29 is 0 Å². The summed E-state index contributed by atoms with van der Waals surface area (Å²) in [5, 5.41) is 8.64. The molecule has 0 amide bonds. The molecule has 0 unspecified atom stereocenters. The first-order valence-corrected chi connectivity index (χ1v) is 10.6. The molecule has 0 spiro atoms. The smallest absolute Gasteiger partial charge is 0.207 e. The van der Waals surface area contributed by atoms with Crippen LogP contribution < -0.4 is 10.6 Å². The van der Waals surface area contributed by atoms with E-state index in [0.29, 0.717) is 21.9 Å². The fraction of sp³-hybridized carbons (Fsp3) is 0.474. The number of aromatic nitrogens is 2. The van der Waals surface area contributed by atoms with E-state index >= 15 is 0 Å². The van der Waals surface area contributed by atoms with Crippen LogP contribution in [0.4, 0.5) is 10.8 Å². The largest absolute Gasteiger partial charge is 0.386 e. The molecule has 1 aromatic heterocycles. The molecule has 2 aromatic rings. The van der Waals surface area contributed by atoms with Gasteiger partial charge in [-0.05, 0) is 38.0 Å². The Labute approximate surface area is 169 Å². The highest BCUT2D eigenvalue weighted by molar-refractivity contribution is 7.09. The Morgan fingerprint density at radius 3 is 2.58 bits per heavy atom. The van der Waals surface area contributed by atoms with Crippen LogP contribution >= 0.6 is 34.7 Å². The van der Waals surface area contributed by atoms with Crippen LogP contribution in [0.1, 0.15) is 57.7 Å². The van der Waals surface area contributed by atoms with Gasteiger partial charge in [-0.2, -0.15) is 9.36 Å². The van der Waals surface area contributed by atoms with Crippen molar-refractivity contribution in [1.29, 1.82) is 0 Å². The minimum absolute atomic E-state index is 0.514. The summed E-state index contributed by atoms with van der Waals surface area (Å²) in [5.74, 6) is 0.716. The van der Waals surface area contributed by atoms with E-state index in [4.69, 9.17) is 23.2 Å². The molecule has 4 nitrogen and oxygen atoms in total. The number of allylic oxidation sites excluding steroid dienone is 1. The van der Waals surface area contributed by atoms with Crippen LogP contribution in [0.3, 0.4) is 0 Å². The fourth-order valence-electron chi connectivity index (χ4n) is 3.20. The molecular weight excluding hydrogens is 387 g/mol. The third-order valence-corrected chi connectivity index (χ3v) is 5.88. The number of nitrogens with zero attached hydrogens (tertiary/aromatic N) is 2. The Kier molecular flexibility index (Phi) is 7.17. The number of benzene rings is 1. The predicted molar refractivity (Wildman–Crippen MR) is 113 cm³/mol. The van der Waals surface area contributed by atoms with Gasteiger partial charge in [0.05, 0.1) is 10.0 Å². The number of halogens is 2. The number of rotatable bonds is 5. The molecule has 0 aliphatic heterocycles. The fourth-order valence-corrected chi connectivity index (χ4v) is 4.07. The SMILES string of the molecule is CC(=Cc1nsc(Nc2ccc(Cl)c(Cl)c2)n1)NC1CCCCCCC1. The zero-order valence-electron chi connectivity index (χ0n) is 14.9. The topological polar surface area (TPSA) is 49.8 Å². The molecule has 1 aliphatic carbocycles. The molecular formula is C19H24Cl2N4S. The molecule has 1 saturated carbocycles. The predicted octanol–water partition coefficient (Wildman–Crippen LogP) is 6.65. The summed E-state index contributed by atoms with van der Waals surface area (Å²) in [4.78, 5) is 4.53. The van der Waals surface area contributed by atoms with Crippen LogP contribution in [-0.4, -0.2) is 15.4 Å². The molecule has 0 radical (unpaired) electrons. The maximum Gasteiger partial charge on any atom is 0.207 e. The van der Waals surface area contributed by atoms with Crippen molar-refractivity contribution in [3.8, 4) is 0 Å². The van der Waals surface area contributed by atoms with Gasteiger partial charge >= 0.3 is 0 Å². The summed E-state index contributed by atoms with van der Waals surface area (Å²) >= 11 is 13.3. The molecule has 7 heteroatoms. The first-order chi connectivity index (χ1) is 12.6. The number of anilines is 2. The minimum Gasteiger partial charge on any atom is -0.386 e. The lowest BCUT2D eigenvalue weighted by Crippen LogP contribution is -2.28. The van der Waals surface area contributed by atoms with Gasteiger partial charge in [0.25, 0.3) is 0 Å². The molecule has 26 heavy (non-hydrogen) atoms. The van der Waals surface area contributed by atoms with Crippen LogP contribution in [0, 0.1) is 0 Å². The molecule has 1 fully saturated rings. The summed E-state index contributed by atoms with van der Waals surface area (Å²) in [6.07, 6.45) is 11.2. The summed E-state index contributed by atoms with van der Waals surface area (Å²) in [5.41, 5.74) is 1.96. The lowest BCUT2D eigenvalue weighted by atomic mass is 9.96.